The SMILES string of the molecule is C1C2CC3CC1CN(C2)C3.CCN1CC2CCC1C2.CCN1CC2CCC1C2.CCOC.CCOC12CC3CC(CC(C3)C1)C2.CCOC1C2CCC1CC2.CCOC1CC2CCC1C2.CCOC1CC2CCC1CC2.CCOC1CC2CCCC(C1)N2C.CCOC1CC2CCN1CC2.CN1C[C@@H]2C[C@H]1CO2. The van der Waals surface area contributed by atoms with Crippen LogP contribution in [0, 0.1) is 88.8 Å². The molecule has 13 atom stereocenters. The molecular formula is C94H172N6O8. The molecule has 26 fully saturated rings. The molecule has 26 rings (SSSR count). The topological polar surface area (TPSA) is 93.3 Å². The lowest BCUT2D eigenvalue weighted by atomic mass is 9.54. The molecule has 11 unspecified atom stereocenters. The summed E-state index contributed by atoms with van der Waals surface area (Å²) in [5.74, 6) is 15.3. The predicted octanol–water partition coefficient (Wildman–Crippen LogP) is 18.6. The van der Waals surface area contributed by atoms with Crippen molar-refractivity contribution in [2.45, 2.75) is 372 Å². The molecule has 0 amide bonds. The van der Waals surface area contributed by atoms with Gasteiger partial charge >= 0.3 is 0 Å². The van der Waals surface area contributed by atoms with Crippen LogP contribution < -0.4 is 0 Å². The van der Waals surface area contributed by atoms with Gasteiger partial charge in [0.25, 0.3) is 0 Å². The zero-order chi connectivity index (χ0) is 75.5. The highest BCUT2D eigenvalue weighted by Crippen LogP contribution is 2.57. The van der Waals surface area contributed by atoms with Gasteiger partial charge in [-0.25, -0.2) is 0 Å². The smallest absolute Gasteiger partial charge is 0.110 e. The molecule has 0 aromatic carbocycles. The maximum atomic E-state index is 6.04. The van der Waals surface area contributed by atoms with Crippen molar-refractivity contribution in [3.05, 3.63) is 0 Å². The number of morpholine rings is 1. The Hall–Kier alpha value is -0.560. The first kappa shape index (κ1) is 86.8. The summed E-state index contributed by atoms with van der Waals surface area (Å²) >= 11 is 0. The molecule has 14 nitrogen and oxygen atoms in total. The van der Waals surface area contributed by atoms with Crippen LogP contribution in [0.4, 0.5) is 0 Å². The van der Waals surface area contributed by atoms with Crippen LogP contribution in [0.25, 0.3) is 0 Å². The second-order valence-electron chi connectivity index (χ2n) is 39.6. The van der Waals surface area contributed by atoms with Gasteiger partial charge in [0, 0.05) is 136 Å². The van der Waals surface area contributed by atoms with Crippen molar-refractivity contribution >= 4 is 0 Å². The zero-order valence-electron chi connectivity index (χ0n) is 72.4. The van der Waals surface area contributed by atoms with Gasteiger partial charge < -0.3 is 57.5 Å². The third-order valence-corrected chi connectivity index (χ3v) is 32.5. The molecule has 26 aliphatic rings. The number of nitrogens with zero attached hydrogens (tertiary/aromatic N) is 6. The maximum absolute atomic E-state index is 6.04. The van der Waals surface area contributed by atoms with Crippen molar-refractivity contribution in [3.8, 4) is 0 Å². The Bertz CT molecular complexity index is 2290. The molecule has 0 aromatic heterocycles. The summed E-state index contributed by atoms with van der Waals surface area (Å²) in [7, 11) is 6.14. The number of likely N-dealkylation sites (tertiary alicyclic amines) is 3. The van der Waals surface area contributed by atoms with Crippen LogP contribution in [0.2, 0.25) is 0 Å². The Labute approximate surface area is 664 Å². The molecule has 24 bridgehead atoms. The number of hydrogen-bond acceptors (Lipinski definition) is 14. The maximum Gasteiger partial charge on any atom is 0.110 e. The van der Waals surface area contributed by atoms with Crippen LogP contribution in [-0.2, 0) is 37.9 Å². The fourth-order valence-electron chi connectivity index (χ4n) is 27.6. The van der Waals surface area contributed by atoms with Crippen molar-refractivity contribution < 1.29 is 37.9 Å². The number of likely N-dealkylation sites (N-methyl/N-ethyl adjacent to an activating group) is 1. The van der Waals surface area contributed by atoms with Crippen LogP contribution in [0.15, 0.2) is 0 Å². The van der Waals surface area contributed by atoms with E-state index in [9.17, 15) is 0 Å². The lowest BCUT2D eigenvalue weighted by Gasteiger charge is -2.56. The van der Waals surface area contributed by atoms with Crippen LogP contribution in [-0.4, -0.2) is 241 Å². The fraction of sp³-hybridized carbons (Fsp3) is 1.00. The van der Waals surface area contributed by atoms with Gasteiger partial charge in [0.1, 0.15) is 6.23 Å². The zero-order valence-corrected chi connectivity index (χ0v) is 72.4. The van der Waals surface area contributed by atoms with Gasteiger partial charge in [0.05, 0.1) is 42.7 Å². The molecule has 14 heteroatoms. The van der Waals surface area contributed by atoms with E-state index < -0.39 is 0 Å². The van der Waals surface area contributed by atoms with Crippen LogP contribution in [0.3, 0.4) is 0 Å². The lowest BCUT2D eigenvalue weighted by molar-refractivity contribution is -0.159. The van der Waals surface area contributed by atoms with Gasteiger partial charge in [-0.3, -0.25) is 9.80 Å². The van der Waals surface area contributed by atoms with E-state index in [1.807, 2.05) is 6.92 Å². The minimum atomic E-state index is 0.351. The van der Waals surface area contributed by atoms with Crippen LogP contribution in [0.5, 0.6) is 0 Å². The third-order valence-electron chi connectivity index (χ3n) is 32.5. The molecule has 0 aromatic rings. The summed E-state index contributed by atoms with van der Waals surface area (Å²) < 4.78 is 44.4. The quantitative estimate of drug-likeness (QED) is 0.156. The molecule has 108 heavy (non-hydrogen) atoms. The van der Waals surface area contributed by atoms with E-state index in [2.05, 4.69) is 104 Å². The average molecular weight is 1510 g/mol. The van der Waals surface area contributed by atoms with Crippen LogP contribution in [0.1, 0.15) is 300 Å². The van der Waals surface area contributed by atoms with E-state index in [1.54, 1.807) is 26.4 Å². The first-order valence-electron chi connectivity index (χ1n) is 47.9. The summed E-state index contributed by atoms with van der Waals surface area (Å²) in [6.07, 6.45) is 56.7. The molecule has 12 saturated heterocycles. The predicted molar refractivity (Wildman–Crippen MR) is 444 cm³/mol. The second kappa shape index (κ2) is 43.8. The number of hydrogen-bond donors (Lipinski definition) is 0. The minimum absolute atomic E-state index is 0.351. The number of ether oxygens (including phenoxy) is 8. The van der Waals surface area contributed by atoms with E-state index in [0.29, 0.717) is 42.3 Å². The summed E-state index contributed by atoms with van der Waals surface area (Å²) in [4.78, 5) is 15.4. The third kappa shape index (κ3) is 24.1. The Morgan fingerprint density at radius 1 is 0.352 bits per heavy atom. The van der Waals surface area contributed by atoms with Crippen molar-refractivity contribution in [1.29, 1.82) is 0 Å². The lowest BCUT2D eigenvalue weighted by Crippen LogP contribution is -2.53. The Morgan fingerprint density at radius 2 is 0.824 bits per heavy atom. The molecular weight excluding hydrogens is 1340 g/mol. The monoisotopic (exact) mass is 1510 g/mol. The van der Waals surface area contributed by atoms with Gasteiger partial charge in [-0.1, -0.05) is 20.3 Å². The summed E-state index contributed by atoms with van der Waals surface area (Å²) in [6.45, 7) is 39.8. The van der Waals surface area contributed by atoms with E-state index in [1.165, 1.54) is 277 Å². The van der Waals surface area contributed by atoms with Crippen molar-refractivity contribution in [2.75, 3.05) is 140 Å². The molecule has 14 saturated carbocycles. The molecule has 0 spiro atoms. The van der Waals surface area contributed by atoms with Gasteiger partial charge in [-0.15, -0.1) is 0 Å². The first-order chi connectivity index (χ1) is 52.7. The molecule has 12 aliphatic heterocycles. The average Bonchev–Trinajstić information content (AvgIpc) is 0.971. The highest BCUT2D eigenvalue weighted by atomic mass is 16.5. The first-order valence-corrected chi connectivity index (χ1v) is 47.9. The Morgan fingerprint density at radius 3 is 1.18 bits per heavy atom. The molecule has 0 radical (unpaired) electrons. The fourth-order valence-corrected chi connectivity index (χ4v) is 27.6. The molecule has 0 N–H and O–H groups in total. The molecule has 14 aliphatic carbocycles. The highest BCUT2D eigenvalue weighted by molar-refractivity contribution is 5.04. The highest BCUT2D eigenvalue weighted by Gasteiger charge is 2.52. The van der Waals surface area contributed by atoms with Gasteiger partial charge in [-0.05, 0) is 396 Å². The largest absolute Gasteiger partial charge is 0.385 e. The van der Waals surface area contributed by atoms with E-state index in [4.69, 9.17) is 33.2 Å². The van der Waals surface area contributed by atoms with E-state index in [-0.39, 0.29) is 0 Å². The van der Waals surface area contributed by atoms with E-state index in [0.717, 1.165) is 178 Å². The van der Waals surface area contributed by atoms with Crippen LogP contribution >= 0.6 is 0 Å². The number of piperidine rings is 10. The van der Waals surface area contributed by atoms with Crippen molar-refractivity contribution in [1.82, 2.24) is 29.4 Å². The minimum Gasteiger partial charge on any atom is -0.385 e. The van der Waals surface area contributed by atoms with Crippen molar-refractivity contribution in [3.63, 3.8) is 0 Å². The normalized spacial score (nSPS) is 44.3. The standard InChI is InChI=1S/C12H20O.C11H21NO.C10H18O.C9H17NO.C9H15N.2C9H16O.2C8H15N.C6H11NO.C3H8O/c1-2-13-12-6-9-3-10(7-12)5-11(4-9)8-12;1-3-13-11-7-9-5-4-6-10(8-11)12(9)2;1-2-11-10-7-8-3-5-9(10)6-4-8;1-2-11-9-7-8-3-5-10(9)6-4-8;1-7-2-9-3-8(1)5-10(4-7)6-9;1-2-10-9-6-7-3-4-8(9)5-7;1-2-10-9-7-3-4-8(9)6-5-7;2*1-2-9-6-7-3-4-8(9)5-7;1-7-3-6-2-5(7)4-8-6;1-3-4-2/h9-11H,2-8H2,1H3;9-11H,3-8H2,1-2H3;8-10H,2-7H2,1H3;8-9H,2-7H2,1H3;7-9H,1-6H2;2*7-9H,2-6H2,1H3;2*7-8H,2-6H2,1H3;5-6H,2-4H2,1H3;3H2,1-2H3/t;;;;;;;;;5-,6-;/m.........0./s1. The summed E-state index contributed by atoms with van der Waals surface area (Å²) in [5.41, 5.74) is 0.351. The van der Waals surface area contributed by atoms with Gasteiger partial charge in [-0.2, -0.15) is 0 Å². The van der Waals surface area contributed by atoms with Gasteiger partial charge in [0.15, 0.2) is 0 Å². The van der Waals surface area contributed by atoms with Gasteiger partial charge in [0.2, 0.25) is 0 Å². The molecule has 626 valence electrons. The summed E-state index contributed by atoms with van der Waals surface area (Å²) in [5, 5.41) is 0. The number of rotatable bonds is 15. The van der Waals surface area contributed by atoms with E-state index >= 15 is 0 Å². The Kier molecular flexibility index (Phi) is 35.2. The Balaban J connectivity index is 0.000000112. The number of fused-ring (bicyclic) bond motifs is 18. The number of methoxy groups -OCH3 is 1. The second-order valence-corrected chi connectivity index (χ2v) is 39.6. The van der Waals surface area contributed by atoms with Crippen molar-refractivity contribution in [2.24, 2.45) is 88.8 Å². The summed E-state index contributed by atoms with van der Waals surface area (Å²) in [6, 6.07) is 4.34. The molecule has 12 heterocycles.